The van der Waals surface area contributed by atoms with Gasteiger partial charge in [-0.1, -0.05) is 35.9 Å². The van der Waals surface area contributed by atoms with Gasteiger partial charge in [0.25, 0.3) is 5.56 Å². The molecule has 0 spiro atoms. The van der Waals surface area contributed by atoms with Crippen LogP contribution in [0.5, 0.6) is 0 Å². The molecular weight excluding hydrogens is 538 g/mol. The van der Waals surface area contributed by atoms with Gasteiger partial charge in [-0.3, -0.25) is 14.7 Å². The molecule has 2 aromatic carbocycles. The summed E-state index contributed by atoms with van der Waals surface area (Å²) in [5.74, 6) is 1.20. The molecule has 0 fully saturated rings. The molecule has 1 N–H and O–H groups in total. The van der Waals surface area contributed by atoms with Gasteiger partial charge in [0.1, 0.15) is 18.3 Å². The van der Waals surface area contributed by atoms with Gasteiger partial charge < -0.3 is 9.40 Å². The quantitative estimate of drug-likeness (QED) is 0.243. The van der Waals surface area contributed by atoms with Gasteiger partial charge in [0.05, 0.1) is 6.26 Å². The summed E-state index contributed by atoms with van der Waals surface area (Å²) >= 11 is 6.65. The van der Waals surface area contributed by atoms with E-state index in [0.29, 0.717) is 41.8 Å². The highest BCUT2D eigenvalue weighted by molar-refractivity contribution is 6.31. The molecule has 0 radical (unpaired) electrons. The van der Waals surface area contributed by atoms with Gasteiger partial charge >= 0.3 is 0 Å². The minimum Gasteiger partial charge on any atom is -0.467 e. The molecule has 41 heavy (non-hydrogen) atoms. The largest absolute Gasteiger partial charge is 0.467 e. The fraction of sp³-hybridized carbons (Fsp3) is 0.194. The minimum absolute atomic E-state index is 0.214. The van der Waals surface area contributed by atoms with Crippen molar-refractivity contribution in [1.29, 1.82) is 0 Å². The highest BCUT2D eigenvalue weighted by Crippen LogP contribution is 2.32. The lowest BCUT2D eigenvalue weighted by Crippen LogP contribution is -2.35. The molecule has 0 bridgehead atoms. The third kappa shape index (κ3) is 5.68. The predicted octanol–water partition coefficient (Wildman–Crippen LogP) is 5.61. The first-order valence-corrected chi connectivity index (χ1v) is 13.6. The molecule has 4 heterocycles. The van der Waals surface area contributed by atoms with Crippen molar-refractivity contribution in [3.63, 3.8) is 0 Å². The van der Waals surface area contributed by atoms with Gasteiger partial charge in [-0.05, 0) is 94.4 Å². The maximum Gasteiger partial charge on any atom is 0.253 e. The zero-order valence-electron chi connectivity index (χ0n) is 22.7. The van der Waals surface area contributed by atoms with Crippen LogP contribution in [0, 0.1) is 13.8 Å². The Morgan fingerprint density at radius 2 is 1.88 bits per heavy atom. The van der Waals surface area contributed by atoms with E-state index in [-0.39, 0.29) is 5.56 Å². The van der Waals surface area contributed by atoms with E-state index in [1.807, 2.05) is 73.8 Å². The van der Waals surface area contributed by atoms with Crippen LogP contribution < -0.4 is 5.56 Å². The lowest BCUT2D eigenvalue weighted by Gasteiger charge is -2.31. The Bertz CT molecular complexity index is 1850. The summed E-state index contributed by atoms with van der Waals surface area (Å²) in [6, 6.07) is 20.7. The predicted molar refractivity (Wildman–Crippen MR) is 156 cm³/mol. The van der Waals surface area contributed by atoms with Gasteiger partial charge in [0.15, 0.2) is 5.82 Å². The van der Waals surface area contributed by atoms with E-state index in [0.717, 1.165) is 33.2 Å². The second-order valence-electron chi connectivity index (χ2n) is 10.1. The number of nitrogens with zero attached hydrogens (tertiary/aromatic N) is 6. The van der Waals surface area contributed by atoms with Gasteiger partial charge in [-0.25, -0.2) is 4.68 Å². The summed E-state index contributed by atoms with van der Waals surface area (Å²) in [5.41, 5.74) is 5.21. The van der Waals surface area contributed by atoms with E-state index in [4.69, 9.17) is 16.0 Å². The Kier molecular flexibility index (Phi) is 7.45. The Labute approximate surface area is 241 Å². The van der Waals surface area contributed by atoms with Crippen LogP contribution in [0.1, 0.15) is 45.4 Å². The lowest BCUT2D eigenvalue weighted by molar-refractivity contribution is 0.193. The molecule has 10 heteroatoms. The van der Waals surface area contributed by atoms with Crippen LogP contribution in [0.3, 0.4) is 0 Å². The average molecular weight is 566 g/mol. The van der Waals surface area contributed by atoms with E-state index < -0.39 is 6.04 Å². The van der Waals surface area contributed by atoms with Crippen LogP contribution >= 0.6 is 11.6 Å². The molecule has 0 amide bonds. The van der Waals surface area contributed by atoms with Crippen LogP contribution in [-0.2, 0) is 19.6 Å². The third-order valence-corrected chi connectivity index (χ3v) is 7.65. The van der Waals surface area contributed by atoms with Crippen molar-refractivity contribution in [1.82, 2.24) is 35.1 Å². The van der Waals surface area contributed by atoms with E-state index >= 15 is 0 Å². The van der Waals surface area contributed by atoms with Crippen molar-refractivity contribution in [2.24, 2.45) is 0 Å². The second kappa shape index (κ2) is 11.5. The normalized spacial score (nSPS) is 12.3. The molecule has 4 aromatic heterocycles. The van der Waals surface area contributed by atoms with Crippen molar-refractivity contribution in [2.45, 2.75) is 39.5 Å². The fourth-order valence-corrected chi connectivity index (χ4v) is 5.27. The Balaban J connectivity index is 1.55. The summed E-state index contributed by atoms with van der Waals surface area (Å²) in [6.07, 6.45) is 5.17. The van der Waals surface area contributed by atoms with Gasteiger partial charge in [0, 0.05) is 41.6 Å². The molecule has 0 aliphatic rings. The first-order valence-electron chi connectivity index (χ1n) is 13.3. The van der Waals surface area contributed by atoms with Gasteiger partial charge in [-0.2, -0.15) is 0 Å². The molecule has 6 rings (SSSR count). The molecular formula is C31H28ClN7O2. The van der Waals surface area contributed by atoms with E-state index in [2.05, 4.69) is 43.4 Å². The topological polar surface area (TPSA) is 106 Å². The Hall–Kier alpha value is -4.60. The number of H-pyrrole nitrogens is 1. The number of benzene rings is 2. The van der Waals surface area contributed by atoms with Crippen LogP contribution in [0.15, 0.2) is 94.6 Å². The number of halogens is 1. The van der Waals surface area contributed by atoms with Crippen LogP contribution in [0.4, 0.5) is 0 Å². The first kappa shape index (κ1) is 26.6. The molecule has 0 saturated heterocycles. The summed E-state index contributed by atoms with van der Waals surface area (Å²) < 4.78 is 7.27. The molecule has 1 unspecified atom stereocenters. The lowest BCUT2D eigenvalue weighted by atomic mass is 9.99. The summed E-state index contributed by atoms with van der Waals surface area (Å²) in [4.78, 5) is 23.4. The molecule has 0 aliphatic carbocycles. The number of furan rings is 1. The number of fused-ring (bicyclic) bond motifs is 1. The maximum atomic E-state index is 13.9. The number of nitrogens with one attached hydrogen (secondary N) is 1. The highest BCUT2D eigenvalue weighted by atomic mass is 35.5. The monoisotopic (exact) mass is 565 g/mol. The molecule has 206 valence electrons. The second-order valence-corrected chi connectivity index (χ2v) is 10.5. The molecule has 9 nitrogen and oxygen atoms in total. The standard InChI is InChI=1S/C31H28ClN7O2/c1-20-13-24-15-26(31(40)34-28(24)14-21(20)2)29(30-35-36-37-39(30)19-25-9-6-12-41-25)38(17-22-7-5-11-33-16-22)18-23-8-3-4-10-27(23)32/h3-16,29H,17-19H2,1-2H3,(H,34,40). The number of tetrazole rings is 1. The number of aromatic amines is 1. The highest BCUT2D eigenvalue weighted by Gasteiger charge is 2.31. The third-order valence-electron chi connectivity index (χ3n) is 7.28. The van der Waals surface area contributed by atoms with Crippen molar-refractivity contribution in [2.75, 3.05) is 0 Å². The molecule has 0 aliphatic heterocycles. The minimum atomic E-state index is -0.633. The van der Waals surface area contributed by atoms with Crippen molar-refractivity contribution < 1.29 is 4.42 Å². The maximum absolute atomic E-state index is 13.9. The number of rotatable bonds is 9. The molecule has 6 aromatic rings. The van der Waals surface area contributed by atoms with Crippen LogP contribution in [0.25, 0.3) is 10.9 Å². The zero-order chi connectivity index (χ0) is 28.3. The van der Waals surface area contributed by atoms with E-state index in [9.17, 15) is 4.79 Å². The van der Waals surface area contributed by atoms with Gasteiger partial charge in [0.2, 0.25) is 0 Å². The fourth-order valence-electron chi connectivity index (χ4n) is 5.08. The Morgan fingerprint density at radius 1 is 1.02 bits per heavy atom. The number of aromatic nitrogens is 6. The number of pyridine rings is 2. The number of aryl methyl sites for hydroxylation is 2. The van der Waals surface area contributed by atoms with Gasteiger partial charge in [-0.15, -0.1) is 5.10 Å². The summed E-state index contributed by atoms with van der Waals surface area (Å²) in [5, 5.41) is 14.3. The number of hydrogen-bond acceptors (Lipinski definition) is 7. The first-order chi connectivity index (χ1) is 20.0. The van der Waals surface area contributed by atoms with Crippen LogP contribution in [-0.4, -0.2) is 35.1 Å². The Morgan fingerprint density at radius 3 is 2.66 bits per heavy atom. The molecule has 0 saturated carbocycles. The number of hydrogen-bond donors (Lipinski definition) is 1. The smallest absolute Gasteiger partial charge is 0.253 e. The summed E-state index contributed by atoms with van der Waals surface area (Å²) in [6.45, 7) is 5.29. The average Bonchev–Trinajstić information content (AvgIpc) is 3.65. The summed E-state index contributed by atoms with van der Waals surface area (Å²) in [7, 11) is 0. The zero-order valence-corrected chi connectivity index (χ0v) is 23.4. The van der Waals surface area contributed by atoms with Crippen molar-refractivity contribution in [3.05, 3.63) is 140 Å². The van der Waals surface area contributed by atoms with Crippen molar-refractivity contribution >= 4 is 22.5 Å². The SMILES string of the molecule is Cc1cc2cc(C(c3nnnn3Cc3ccco3)N(Cc3cccnc3)Cc3ccccc3Cl)c(=O)[nH]c2cc1C. The van der Waals surface area contributed by atoms with E-state index in [1.54, 1.807) is 17.1 Å². The van der Waals surface area contributed by atoms with Crippen LogP contribution in [0.2, 0.25) is 5.02 Å². The van der Waals surface area contributed by atoms with Crippen molar-refractivity contribution in [3.8, 4) is 0 Å². The molecule has 1 atom stereocenters. The van der Waals surface area contributed by atoms with E-state index in [1.165, 1.54) is 0 Å².